The molecule has 1 aliphatic heterocycles. The summed E-state index contributed by atoms with van der Waals surface area (Å²) in [4.78, 5) is 9.48. The van der Waals surface area contributed by atoms with E-state index in [-0.39, 0.29) is 11.7 Å². The van der Waals surface area contributed by atoms with E-state index in [0.717, 1.165) is 33.8 Å². The van der Waals surface area contributed by atoms with E-state index >= 15 is 0 Å². The second-order valence-electron chi connectivity index (χ2n) is 9.18. The average molecular weight is 537 g/mol. The van der Waals surface area contributed by atoms with Gasteiger partial charge in [-0.05, 0) is 61.0 Å². The van der Waals surface area contributed by atoms with Gasteiger partial charge >= 0.3 is 0 Å². The van der Waals surface area contributed by atoms with Gasteiger partial charge in [0.2, 0.25) is 11.8 Å². The van der Waals surface area contributed by atoms with Crippen molar-refractivity contribution in [2.24, 2.45) is 0 Å². The number of halogens is 1. The van der Waals surface area contributed by atoms with Crippen molar-refractivity contribution in [3.63, 3.8) is 0 Å². The monoisotopic (exact) mass is 536 g/mol. The number of aromatic hydroxyl groups is 1. The van der Waals surface area contributed by atoms with Crippen LogP contribution in [0.1, 0.15) is 28.3 Å². The topological polar surface area (TPSA) is 99.6 Å². The van der Waals surface area contributed by atoms with Crippen LogP contribution >= 0.6 is 11.6 Å². The molecule has 3 aromatic heterocycles. The lowest BCUT2D eigenvalue weighted by atomic mass is 9.84. The third-order valence-electron chi connectivity index (χ3n) is 6.89. The van der Waals surface area contributed by atoms with Crippen molar-refractivity contribution in [2.45, 2.75) is 12.8 Å². The van der Waals surface area contributed by atoms with E-state index < -0.39 is 0 Å². The molecule has 39 heavy (non-hydrogen) atoms. The van der Waals surface area contributed by atoms with Crippen LogP contribution in [0.5, 0.6) is 23.3 Å². The van der Waals surface area contributed by atoms with E-state index in [4.69, 9.17) is 31.2 Å². The van der Waals surface area contributed by atoms with Crippen molar-refractivity contribution < 1.29 is 14.6 Å². The van der Waals surface area contributed by atoms with E-state index in [9.17, 15) is 5.11 Å². The summed E-state index contributed by atoms with van der Waals surface area (Å²) in [6, 6.07) is 22.3. The lowest BCUT2D eigenvalue weighted by Gasteiger charge is -2.26. The van der Waals surface area contributed by atoms with Crippen LogP contribution < -0.4 is 9.47 Å². The van der Waals surface area contributed by atoms with Crippen molar-refractivity contribution in [3.05, 3.63) is 107 Å². The van der Waals surface area contributed by atoms with Gasteiger partial charge in [0.25, 0.3) is 0 Å². The maximum Gasteiger partial charge on any atom is 0.230 e. The molecule has 0 bridgehead atoms. The molecule has 1 N–H and O–H groups in total. The summed E-state index contributed by atoms with van der Waals surface area (Å²) in [6.07, 6.45) is 1.57. The zero-order valence-electron chi connectivity index (χ0n) is 20.9. The molecule has 4 heterocycles. The number of phenolic OH excluding ortho intramolecular Hbond substituents is 1. The Labute approximate surface area is 227 Å². The molecule has 6 aromatic rings. The standard InChI is InChI=1S/C29H21ClN6O3/c1-16-23-24(17-7-13-20(38-2)14-8-17)25-27-32-26(21-5-3-4-6-22(21)37)34-35(27)15-31-28(25)39-29(23)36(33-16)19-11-9-18(30)10-12-19/h3-15,24,37H,1-2H3/t24-/m1/s1. The third kappa shape index (κ3) is 3.70. The van der Waals surface area contributed by atoms with E-state index in [1.54, 1.807) is 40.8 Å². The van der Waals surface area contributed by atoms with Crippen LogP contribution in [-0.2, 0) is 0 Å². The molecule has 0 unspecified atom stereocenters. The number of ether oxygens (including phenoxy) is 2. The molecule has 0 aliphatic carbocycles. The van der Waals surface area contributed by atoms with Gasteiger partial charge in [0.05, 0.1) is 41.1 Å². The van der Waals surface area contributed by atoms with Gasteiger partial charge in [-0.2, -0.15) is 5.10 Å². The molecule has 192 valence electrons. The molecule has 1 atom stereocenters. The van der Waals surface area contributed by atoms with E-state index in [1.165, 1.54) is 0 Å². The van der Waals surface area contributed by atoms with Crippen LogP contribution in [0.15, 0.2) is 79.1 Å². The number of hydrogen-bond acceptors (Lipinski definition) is 7. The molecule has 10 heteroatoms. The highest BCUT2D eigenvalue weighted by atomic mass is 35.5. The maximum absolute atomic E-state index is 10.4. The van der Waals surface area contributed by atoms with Gasteiger partial charge < -0.3 is 14.6 Å². The second-order valence-corrected chi connectivity index (χ2v) is 9.62. The van der Waals surface area contributed by atoms with Crippen molar-refractivity contribution in [3.8, 4) is 40.3 Å². The first-order valence-electron chi connectivity index (χ1n) is 12.2. The fourth-order valence-corrected chi connectivity index (χ4v) is 5.17. The predicted molar refractivity (Wildman–Crippen MR) is 145 cm³/mol. The number of methoxy groups -OCH3 is 1. The number of aromatic nitrogens is 6. The fourth-order valence-electron chi connectivity index (χ4n) is 5.04. The van der Waals surface area contributed by atoms with Gasteiger partial charge in [-0.1, -0.05) is 35.9 Å². The average Bonchev–Trinajstić information content (AvgIpc) is 3.54. The summed E-state index contributed by atoms with van der Waals surface area (Å²) < 4.78 is 15.3. The van der Waals surface area contributed by atoms with Crippen LogP contribution in [-0.4, -0.2) is 41.6 Å². The molecule has 0 spiro atoms. The van der Waals surface area contributed by atoms with Gasteiger partial charge in [-0.3, -0.25) is 0 Å². The number of nitrogens with zero attached hydrogens (tertiary/aromatic N) is 6. The van der Waals surface area contributed by atoms with Crippen LogP contribution in [0.3, 0.4) is 0 Å². The molecule has 0 saturated heterocycles. The van der Waals surface area contributed by atoms with Gasteiger partial charge in [0.15, 0.2) is 11.5 Å². The summed E-state index contributed by atoms with van der Waals surface area (Å²) in [5, 5.41) is 20.5. The van der Waals surface area contributed by atoms with Gasteiger partial charge in [0, 0.05) is 5.02 Å². The summed E-state index contributed by atoms with van der Waals surface area (Å²) >= 11 is 6.14. The van der Waals surface area contributed by atoms with Crippen molar-refractivity contribution in [2.75, 3.05) is 7.11 Å². The SMILES string of the molecule is COc1ccc([C@@H]2c3c(C)nn(-c4ccc(Cl)cc4)c3Oc3ncn4nc(-c5ccccc5O)nc4c32)cc1. The Balaban J connectivity index is 1.48. The zero-order valence-corrected chi connectivity index (χ0v) is 21.7. The smallest absolute Gasteiger partial charge is 0.230 e. The van der Waals surface area contributed by atoms with Crippen LogP contribution in [0.2, 0.25) is 5.02 Å². The Morgan fingerprint density at radius 3 is 2.46 bits per heavy atom. The van der Waals surface area contributed by atoms with E-state index in [1.807, 2.05) is 61.5 Å². The van der Waals surface area contributed by atoms with Crippen LogP contribution in [0.4, 0.5) is 0 Å². The minimum Gasteiger partial charge on any atom is -0.507 e. The number of hydrogen-bond donors (Lipinski definition) is 1. The first-order chi connectivity index (χ1) is 19.0. The third-order valence-corrected chi connectivity index (χ3v) is 7.14. The highest BCUT2D eigenvalue weighted by Gasteiger charge is 2.38. The number of benzene rings is 3. The first-order valence-corrected chi connectivity index (χ1v) is 12.6. The molecular weight excluding hydrogens is 516 g/mol. The lowest BCUT2D eigenvalue weighted by molar-refractivity contribution is 0.402. The number of fused-ring (bicyclic) bond motifs is 4. The van der Waals surface area contributed by atoms with E-state index in [0.29, 0.717) is 33.8 Å². The molecule has 9 nitrogen and oxygen atoms in total. The first kappa shape index (κ1) is 23.2. The summed E-state index contributed by atoms with van der Waals surface area (Å²) in [7, 11) is 1.64. The minimum atomic E-state index is -0.312. The van der Waals surface area contributed by atoms with Gasteiger partial charge in [-0.15, -0.1) is 5.10 Å². The molecular formula is C29H21ClN6O3. The Kier molecular flexibility index (Phi) is 5.27. The van der Waals surface area contributed by atoms with Crippen molar-refractivity contribution in [1.82, 2.24) is 29.4 Å². The molecule has 0 fully saturated rings. The minimum absolute atomic E-state index is 0.0977. The molecule has 0 amide bonds. The Bertz CT molecular complexity index is 1860. The normalized spacial score (nSPS) is 14.1. The maximum atomic E-state index is 10.4. The Morgan fingerprint density at radius 1 is 0.949 bits per heavy atom. The summed E-state index contributed by atoms with van der Waals surface area (Å²) in [5.74, 6) is 1.90. The Morgan fingerprint density at radius 2 is 1.72 bits per heavy atom. The van der Waals surface area contributed by atoms with E-state index in [2.05, 4.69) is 10.1 Å². The number of para-hydroxylation sites is 1. The number of phenols is 1. The second kappa shape index (κ2) is 8.85. The highest BCUT2D eigenvalue weighted by molar-refractivity contribution is 6.30. The van der Waals surface area contributed by atoms with Crippen LogP contribution in [0, 0.1) is 6.92 Å². The fraction of sp³-hybridized carbons (Fsp3) is 0.103. The molecule has 7 rings (SSSR count). The molecule has 0 saturated carbocycles. The molecule has 3 aromatic carbocycles. The number of aryl methyl sites for hydroxylation is 1. The lowest BCUT2D eigenvalue weighted by Crippen LogP contribution is -2.16. The van der Waals surface area contributed by atoms with Gasteiger partial charge in [-0.25, -0.2) is 19.2 Å². The summed E-state index contributed by atoms with van der Waals surface area (Å²) in [5.41, 5.74) is 5.35. The molecule has 0 radical (unpaired) electrons. The van der Waals surface area contributed by atoms with Gasteiger partial charge in [0.1, 0.15) is 17.8 Å². The molecule has 1 aliphatic rings. The summed E-state index contributed by atoms with van der Waals surface area (Å²) in [6.45, 7) is 1.96. The van der Waals surface area contributed by atoms with Crippen molar-refractivity contribution in [1.29, 1.82) is 0 Å². The van der Waals surface area contributed by atoms with Crippen molar-refractivity contribution >= 4 is 17.2 Å². The zero-order chi connectivity index (χ0) is 26.7. The predicted octanol–water partition coefficient (Wildman–Crippen LogP) is 5.94. The Hall–Kier alpha value is -4.89. The largest absolute Gasteiger partial charge is 0.507 e. The quantitative estimate of drug-likeness (QED) is 0.297. The number of rotatable bonds is 4. The highest BCUT2D eigenvalue weighted by Crippen LogP contribution is 2.50. The van der Waals surface area contributed by atoms with Crippen LogP contribution in [0.25, 0.3) is 22.7 Å².